The molecule has 0 bridgehead atoms. The van der Waals surface area contributed by atoms with Gasteiger partial charge in [0.2, 0.25) is 5.91 Å². The quantitative estimate of drug-likeness (QED) is 0.898. The van der Waals surface area contributed by atoms with Gasteiger partial charge in [0, 0.05) is 22.4 Å². The summed E-state index contributed by atoms with van der Waals surface area (Å²) in [7, 11) is 0. The third-order valence-corrected chi connectivity index (χ3v) is 5.31. The van der Waals surface area contributed by atoms with Crippen LogP contribution in [-0.4, -0.2) is 37.0 Å². The molecule has 2 fully saturated rings. The average Bonchev–Trinajstić information content (AvgIpc) is 3.03. The molecular weight excluding hydrogens is 284 g/mol. The first-order chi connectivity index (χ1) is 10.3. The standard InChI is InChI=1S/C16H22N2O2S/c19-16(15-11-20-10-9-17-15)18-12-5-7-14(8-6-12)21-13-3-1-2-4-13/h5-8,13,15,17H,1-4,9-11H2,(H,18,19)/t15-/m1/s1. The fraction of sp³-hybridized carbons (Fsp3) is 0.562. The van der Waals surface area contributed by atoms with Crippen molar-refractivity contribution in [3.63, 3.8) is 0 Å². The highest BCUT2D eigenvalue weighted by Crippen LogP contribution is 2.34. The number of morpholine rings is 1. The number of amides is 1. The molecule has 1 aliphatic carbocycles. The van der Waals surface area contributed by atoms with Gasteiger partial charge in [-0.2, -0.15) is 0 Å². The largest absolute Gasteiger partial charge is 0.378 e. The summed E-state index contributed by atoms with van der Waals surface area (Å²) < 4.78 is 5.31. The molecule has 114 valence electrons. The van der Waals surface area contributed by atoms with Crippen LogP contribution in [0.1, 0.15) is 25.7 Å². The molecule has 1 amide bonds. The number of rotatable bonds is 4. The second-order valence-electron chi connectivity index (χ2n) is 5.62. The third-order valence-electron chi connectivity index (χ3n) is 3.96. The zero-order chi connectivity index (χ0) is 14.5. The van der Waals surface area contributed by atoms with Crippen LogP contribution in [-0.2, 0) is 9.53 Å². The summed E-state index contributed by atoms with van der Waals surface area (Å²) in [5.74, 6) is -0.0223. The minimum atomic E-state index is -0.244. The van der Waals surface area contributed by atoms with Crippen molar-refractivity contribution in [3.05, 3.63) is 24.3 Å². The normalized spacial score (nSPS) is 23.1. The molecule has 1 atom stereocenters. The number of anilines is 1. The van der Waals surface area contributed by atoms with Crippen LogP contribution >= 0.6 is 11.8 Å². The Morgan fingerprint density at radius 2 is 2.00 bits per heavy atom. The third kappa shape index (κ3) is 4.22. The lowest BCUT2D eigenvalue weighted by Crippen LogP contribution is -2.48. The van der Waals surface area contributed by atoms with Gasteiger partial charge < -0.3 is 15.4 Å². The van der Waals surface area contributed by atoms with Gasteiger partial charge in [-0.1, -0.05) is 12.8 Å². The van der Waals surface area contributed by atoms with E-state index in [1.165, 1.54) is 30.6 Å². The molecule has 1 aromatic rings. The lowest BCUT2D eigenvalue weighted by atomic mass is 10.2. The fourth-order valence-corrected chi connectivity index (χ4v) is 4.03. The summed E-state index contributed by atoms with van der Waals surface area (Å²) in [4.78, 5) is 13.4. The molecule has 0 radical (unpaired) electrons. The molecule has 1 saturated carbocycles. The Labute approximate surface area is 130 Å². The highest BCUT2D eigenvalue weighted by Gasteiger charge is 2.21. The number of benzene rings is 1. The van der Waals surface area contributed by atoms with E-state index in [4.69, 9.17) is 4.74 Å². The maximum absolute atomic E-state index is 12.1. The Balaban J connectivity index is 1.52. The zero-order valence-electron chi connectivity index (χ0n) is 12.1. The van der Waals surface area contributed by atoms with E-state index in [-0.39, 0.29) is 11.9 Å². The van der Waals surface area contributed by atoms with E-state index in [2.05, 4.69) is 22.8 Å². The summed E-state index contributed by atoms with van der Waals surface area (Å²) in [5.41, 5.74) is 0.850. The van der Waals surface area contributed by atoms with Crippen LogP contribution in [0.25, 0.3) is 0 Å². The predicted molar refractivity (Wildman–Crippen MR) is 85.8 cm³/mol. The van der Waals surface area contributed by atoms with E-state index in [9.17, 15) is 4.79 Å². The number of carbonyl (C=O) groups is 1. The summed E-state index contributed by atoms with van der Waals surface area (Å²) in [6, 6.07) is 7.93. The van der Waals surface area contributed by atoms with Gasteiger partial charge >= 0.3 is 0 Å². The number of hydrogen-bond acceptors (Lipinski definition) is 4. The Hall–Kier alpha value is -1.04. The summed E-state index contributed by atoms with van der Waals surface area (Å²) in [6.07, 6.45) is 5.39. The smallest absolute Gasteiger partial charge is 0.243 e. The second-order valence-corrected chi connectivity index (χ2v) is 6.99. The van der Waals surface area contributed by atoms with Gasteiger partial charge in [0.1, 0.15) is 6.04 Å². The number of thioether (sulfide) groups is 1. The van der Waals surface area contributed by atoms with E-state index < -0.39 is 0 Å². The van der Waals surface area contributed by atoms with Crippen molar-refractivity contribution in [1.82, 2.24) is 5.32 Å². The SMILES string of the molecule is O=C(Nc1ccc(SC2CCCC2)cc1)[C@H]1COCCN1. The average molecular weight is 306 g/mol. The van der Waals surface area contributed by atoms with Crippen molar-refractivity contribution in [2.24, 2.45) is 0 Å². The maximum Gasteiger partial charge on any atom is 0.243 e. The fourth-order valence-electron chi connectivity index (χ4n) is 2.78. The number of ether oxygens (including phenoxy) is 1. The molecule has 2 aliphatic rings. The first-order valence-electron chi connectivity index (χ1n) is 7.70. The van der Waals surface area contributed by atoms with Crippen molar-refractivity contribution in [3.8, 4) is 0 Å². The Morgan fingerprint density at radius 1 is 1.24 bits per heavy atom. The number of nitrogens with one attached hydrogen (secondary N) is 2. The van der Waals surface area contributed by atoms with Crippen LogP contribution in [0.3, 0.4) is 0 Å². The highest BCUT2D eigenvalue weighted by molar-refractivity contribution is 8.00. The minimum absolute atomic E-state index is 0.0223. The predicted octanol–water partition coefficient (Wildman–Crippen LogP) is 2.65. The van der Waals surface area contributed by atoms with Crippen LogP contribution in [0.2, 0.25) is 0 Å². The van der Waals surface area contributed by atoms with Gasteiger partial charge in [-0.3, -0.25) is 4.79 Å². The van der Waals surface area contributed by atoms with Gasteiger partial charge in [-0.05, 0) is 37.1 Å². The van der Waals surface area contributed by atoms with Gasteiger partial charge in [-0.15, -0.1) is 11.8 Å². The van der Waals surface area contributed by atoms with Crippen LogP contribution in [0.15, 0.2) is 29.2 Å². The van der Waals surface area contributed by atoms with Crippen molar-refractivity contribution >= 4 is 23.4 Å². The van der Waals surface area contributed by atoms with Crippen molar-refractivity contribution in [2.75, 3.05) is 25.1 Å². The molecule has 1 aromatic carbocycles. The molecule has 0 aromatic heterocycles. The van der Waals surface area contributed by atoms with Crippen LogP contribution in [0, 0.1) is 0 Å². The molecule has 0 spiro atoms. The van der Waals surface area contributed by atoms with E-state index >= 15 is 0 Å². The Kier molecular flexibility index (Phi) is 5.17. The number of carbonyl (C=O) groups excluding carboxylic acids is 1. The lowest BCUT2D eigenvalue weighted by molar-refractivity contribution is -0.120. The van der Waals surface area contributed by atoms with Gasteiger partial charge in [0.25, 0.3) is 0 Å². The Morgan fingerprint density at radius 3 is 2.67 bits per heavy atom. The van der Waals surface area contributed by atoms with E-state index in [0.717, 1.165) is 17.5 Å². The Bertz CT molecular complexity index is 466. The van der Waals surface area contributed by atoms with E-state index in [1.807, 2.05) is 23.9 Å². The molecule has 5 heteroatoms. The lowest BCUT2D eigenvalue weighted by Gasteiger charge is -2.22. The molecule has 1 heterocycles. The van der Waals surface area contributed by atoms with Crippen LogP contribution in [0.4, 0.5) is 5.69 Å². The number of hydrogen-bond donors (Lipinski definition) is 2. The first-order valence-corrected chi connectivity index (χ1v) is 8.58. The molecule has 3 rings (SSSR count). The summed E-state index contributed by atoms with van der Waals surface area (Å²) >= 11 is 1.96. The van der Waals surface area contributed by atoms with Gasteiger partial charge in [0.15, 0.2) is 0 Å². The highest BCUT2D eigenvalue weighted by atomic mass is 32.2. The van der Waals surface area contributed by atoms with Crippen molar-refractivity contribution in [1.29, 1.82) is 0 Å². The van der Waals surface area contributed by atoms with E-state index in [0.29, 0.717) is 13.2 Å². The first kappa shape index (κ1) is 14.9. The molecule has 1 saturated heterocycles. The second kappa shape index (κ2) is 7.29. The summed E-state index contributed by atoms with van der Waals surface area (Å²) in [5, 5.41) is 6.87. The topological polar surface area (TPSA) is 50.4 Å². The monoisotopic (exact) mass is 306 g/mol. The van der Waals surface area contributed by atoms with Crippen LogP contribution < -0.4 is 10.6 Å². The molecule has 0 unspecified atom stereocenters. The minimum Gasteiger partial charge on any atom is -0.378 e. The zero-order valence-corrected chi connectivity index (χ0v) is 13.0. The van der Waals surface area contributed by atoms with Crippen LogP contribution in [0.5, 0.6) is 0 Å². The van der Waals surface area contributed by atoms with E-state index in [1.54, 1.807) is 0 Å². The molecule has 1 aliphatic heterocycles. The summed E-state index contributed by atoms with van der Waals surface area (Å²) in [6.45, 7) is 1.85. The van der Waals surface area contributed by atoms with Gasteiger partial charge in [0.05, 0.1) is 13.2 Å². The molecular formula is C16H22N2O2S. The molecule has 21 heavy (non-hydrogen) atoms. The maximum atomic E-state index is 12.1. The molecule has 4 nitrogen and oxygen atoms in total. The van der Waals surface area contributed by atoms with Crippen molar-refractivity contribution < 1.29 is 9.53 Å². The van der Waals surface area contributed by atoms with Crippen molar-refractivity contribution in [2.45, 2.75) is 41.9 Å². The molecule has 2 N–H and O–H groups in total. The van der Waals surface area contributed by atoms with Gasteiger partial charge in [-0.25, -0.2) is 0 Å².